The molecule has 0 atom stereocenters. The van der Waals surface area contributed by atoms with E-state index in [4.69, 9.17) is 9.47 Å². The first-order valence-corrected chi connectivity index (χ1v) is 9.92. The molecule has 2 aliphatic heterocycles. The zero-order valence-electron chi connectivity index (χ0n) is 16.2. The van der Waals surface area contributed by atoms with Crippen LogP contribution in [0.15, 0.2) is 17.1 Å². The van der Waals surface area contributed by atoms with E-state index < -0.39 is 5.54 Å². The lowest BCUT2D eigenvalue weighted by Crippen LogP contribution is -2.50. The van der Waals surface area contributed by atoms with E-state index in [9.17, 15) is 4.79 Å². The molecule has 7 heteroatoms. The lowest BCUT2D eigenvalue weighted by Gasteiger charge is -2.25. The number of carbonyl (C=O) groups excluding carboxylic acids is 1. The minimum Gasteiger partial charge on any atom is -0.477 e. The van der Waals surface area contributed by atoms with Crippen molar-refractivity contribution in [2.45, 2.75) is 45.1 Å². The number of nitrogens with zero attached hydrogens (tertiary/aromatic N) is 3. The number of hydrogen-bond acceptors (Lipinski definition) is 6. The van der Waals surface area contributed by atoms with Crippen molar-refractivity contribution in [1.82, 2.24) is 10.3 Å². The minimum atomic E-state index is -0.669. The molecular weight excluding hydrogens is 344 g/mol. The van der Waals surface area contributed by atoms with Crippen LogP contribution < -0.4 is 15.0 Å². The summed E-state index contributed by atoms with van der Waals surface area (Å²) in [6, 6.07) is 3.74. The van der Waals surface area contributed by atoms with Crippen LogP contribution in [-0.2, 0) is 4.74 Å². The maximum absolute atomic E-state index is 12.8. The third-order valence-corrected chi connectivity index (χ3v) is 5.22. The van der Waals surface area contributed by atoms with Crippen LogP contribution in [-0.4, -0.2) is 55.2 Å². The molecule has 0 aromatic carbocycles. The summed E-state index contributed by atoms with van der Waals surface area (Å²) in [6.45, 7) is 7.67. The highest BCUT2D eigenvalue weighted by atomic mass is 16.5. The van der Waals surface area contributed by atoms with Gasteiger partial charge in [-0.15, -0.1) is 0 Å². The Morgan fingerprint density at radius 3 is 2.78 bits per heavy atom. The van der Waals surface area contributed by atoms with Gasteiger partial charge in [-0.3, -0.25) is 9.79 Å². The van der Waals surface area contributed by atoms with E-state index in [1.54, 1.807) is 6.07 Å². The van der Waals surface area contributed by atoms with E-state index in [2.05, 4.69) is 20.2 Å². The van der Waals surface area contributed by atoms with Crippen LogP contribution in [0.5, 0.6) is 5.88 Å². The van der Waals surface area contributed by atoms with Crippen LogP contribution in [0, 0.1) is 5.92 Å². The van der Waals surface area contributed by atoms with Crippen molar-refractivity contribution in [1.29, 1.82) is 0 Å². The molecule has 1 aromatic heterocycles. The van der Waals surface area contributed by atoms with Gasteiger partial charge in [0.1, 0.15) is 17.8 Å². The average Bonchev–Trinajstić information content (AvgIpc) is 3.12. The number of aromatic nitrogens is 1. The molecule has 0 bridgehead atoms. The molecule has 7 nitrogen and oxygen atoms in total. The topological polar surface area (TPSA) is 76.1 Å². The number of nitrogens with one attached hydrogen (secondary N) is 1. The van der Waals surface area contributed by atoms with Crippen LogP contribution in [0.25, 0.3) is 0 Å². The molecule has 1 aromatic rings. The van der Waals surface area contributed by atoms with Gasteiger partial charge in [0, 0.05) is 13.1 Å². The summed E-state index contributed by atoms with van der Waals surface area (Å²) in [6.07, 6.45) is 4.80. The molecule has 1 saturated carbocycles. The van der Waals surface area contributed by atoms with Crippen molar-refractivity contribution in [3.63, 3.8) is 0 Å². The lowest BCUT2D eigenvalue weighted by molar-refractivity contribution is 0.0919. The number of amides is 1. The molecule has 146 valence electrons. The van der Waals surface area contributed by atoms with Gasteiger partial charge in [-0.25, -0.2) is 4.98 Å². The fraction of sp³-hybridized carbons (Fsp3) is 0.650. The number of ether oxygens (including phenoxy) is 2. The van der Waals surface area contributed by atoms with Crippen molar-refractivity contribution in [2.75, 3.05) is 37.7 Å². The van der Waals surface area contributed by atoms with E-state index >= 15 is 0 Å². The van der Waals surface area contributed by atoms with Crippen LogP contribution in [0.1, 0.15) is 50.0 Å². The summed E-state index contributed by atoms with van der Waals surface area (Å²) in [5.41, 5.74) is 0.681. The molecule has 0 radical (unpaired) electrons. The van der Waals surface area contributed by atoms with Gasteiger partial charge in [-0.05, 0) is 57.6 Å². The molecular formula is C20H28N4O3. The second kappa shape index (κ2) is 7.37. The first-order chi connectivity index (χ1) is 13.0. The van der Waals surface area contributed by atoms with E-state index in [1.807, 2.05) is 19.9 Å². The van der Waals surface area contributed by atoms with E-state index in [0.717, 1.165) is 18.8 Å². The van der Waals surface area contributed by atoms with E-state index in [1.165, 1.54) is 25.7 Å². The van der Waals surface area contributed by atoms with Crippen LogP contribution in [0.2, 0.25) is 0 Å². The summed E-state index contributed by atoms with van der Waals surface area (Å²) >= 11 is 0. The predicted molar refractivity (Wildman–Crippen MR) is 104 cm³/mol. The fourth-order valence-electron chi connectivity index (χ4n) is 3.46. The van der Waals surface area contributed by atoms with Gasteiger partial charge >= 0.3 is 0 Å². The zero-order valence-corrected chi connectivity index (χ0v) is 16.2. The molecule has 1 amide bonds. The maximum atomic E-state index is 12.8. The average molecular weight is 372 g/mol. The number of pyridine rings is 1. The second-order valence-corrected chi connectivity index (χ2v) is 8.08. The standard InChI is InChI=1S/C20H28N4O3/c1-20(2,19-21-9-12-26-19)23-17(25)15-7-8-16(24-10-3-4-11-24)18(22-15)27-13-14-5-6-14/h7-8,14H,3-6,9-13H2,1-2H3,(H,23,25). The first kappa shape index (κ1) is 18.1. The largest absolute Gasteiger partial charge is 0.477 e. The molecule has 0 spiro atoms. The number of anilines is 1. The molecule has 3 aliphatic rings. The molecule has 3 heterocycles. The molecule has 4 rings (SSSR count). The summed E-state index contributed by atoms with van der Waals surface area (Å²) in [5.74, 6) is 1.52. The highest BCUT2D eigenvalue weighted by Gasteiger charge is 2.32. The minimum absolute atomic E-state index is 0.248. The van der Waals surface area contributed by atoms with Gasteiger partial charge in [0.05, 0.1) is 18.8 Å². The van der Waals surface area contributed by atoms with Gasteiger partial charge in [0.2, 0.25) is 11.8 Å². The summed E-state index contributed by atoms with van der Waals surface area (Å²) in [5, 5.41) is 2.98. The van der Waals surface area contributed by atoms with Crippen LogP contribution in [0.4, 0.5) is 5.69 Å². The van der Waals surface area contributed by atoms with Crippen molar-refractivity contribution in [3.05, 3.63) is 17.8 Å². The molecule has 27 heavy (non-hydrogen) atoms. The quantitative estimate of drug-likeness (QED) is 0.795. The van der Waals surface area contributed by atoms with Gasteiger partial charge in [0.25, 0.3) is 5.91 Å². The van der Waals surface area contributed by atoms with Crippen molar-refractivity contribution < 1.29 is 14.3 Å². The highest BCUT2D eigenvalue weighted by Crippen LogP contribution is 2.33. The van der Waals surface area contributed by atoms with Crippen LogP contribution >= 0.6 is 0 Å². The maximum Gasteiger partial charge on any atom is 0.270 e. The summed E-state index contributed by atoms with van der Waals surface area (Å²) in [7, 11) is 0. The van der Waals surface area contributed by atoms with Crippen LogP contribution in [0.3, 0.4) is 0 Å². The normalized spacial score (nSPS) is 19.6. The van der Waals surface area contributed by atoms with E-state index in [-0.39, 0.29) is 5.91 Å². The fourth-order valence-corrected chi connectivity index (χ4v) is 3.46. The summed E-state index contributed by atoms with van der Waals surface area (Å²) < 4.78 is 11.5. The number of hydrogen-bond donors (Lipinski definition) is 1. The second-order valence-electron chi connectivity index (χ2n) is 8.08. The Morgan fingerprint density at radius 1 is 1.33 bits per heavy atom. The highest BCUT2D eigenvalue weighted by molar-refractivity contribution is 5.98. The Hall–Kier alpha value is -2.31. The zero-order chi connectivity index (χ0) is 18.9. The smallest absolute Gasteiger partial charge is 0.270 e. The van der Waals surface area contributed by atoms with Crippen molar-refractivity contribution in [3.8, 4) is 5.88 Å². The molecule has 1 aliphatic carbocycles. The van der Waals surface area contributed by atoms with Gasteiger partial charge < -0.3 is 19.7 Å². The van der Waals surface area contributed by atoms with Crippen molar-refractivity contribution >= 4 is 17.5 Å². The number of rotatable bonds is 7. The third-order valence-electron chi connectivity index (χ3n) is 5.22. The third kappa shape index (κ3) is 4.17. The molecule has 0 unspecified atom stereocenters. The van der Waals surface area contributed by atoms with Gasteiger partial charge in [-0.2, -0.15) is 0 Å². The number of aliphatic imine (C=N–C) groups is 1. The van der Waals surface area contributed by atoms with Gasteiger partial charge in [-0.1, -0.05) is 0 Å². The Labute approximate surface area is 160 Å². The van der Waals surface area contributed by atoms with E-state index in [0.29, 0.717) is 43.1 Å². The number of carbonyl (C=O) groups is 1. The summed E-state index contributed by atoms with van der Waals surface area (Å²) in [4.78, 5) is 24.0. The Bertz CT molecular complexity index is 737. The Balaban J connectivity index is 1.52. The molecule has 2 fully saturated rings. The molecule has 1 N–H and O–H groups in total. The van der Waals surface area contributed by atoms with Crippen molar-refractivity contribution in [2.24, 2.45) is 10.9 Å². The monoisotopic (exact) mass is 372 g/mol. The first-order valence-electron chi connectivity index (χ1n) is 9.92. The lowest BCUT2D eigenvalue weighted by atomic mass is 10.1. The van der Waals surface area contributed by atoms with Gasteiger partial charge in [0.15, 0.2) is 0 Å². The Kier molecular flexibility index (Phi) is 4.93. The molecule has 1 saturated heterocycles. The predicted octanol–water partition coefficient (Wildman–Crippen LogP) is 2.41. The Morgan fingerprint density at radius 2 is 2.11 bits per heavy atom. The SMILES string of the molecule is CC(C)(NC(=O)c1ccc(N2CCCC2)c(OCC2CC2)n1)C1=NCCO1.